The van der Waals surface area contributed by atoms with Crippen LogP contribution in [0.2, 0.25) is 0 Å². The number of para-hydroxylation sites is 1. The van der Waals surface area contributed by atoms with Gasteiger partial charge < -0.3 is 19.7 Å². The van der Waals surface area contributed by atoms with Gasteiger partial charge in [-0.15, -0.1) is 0 Å². The molecule has 0 aromatic heterocycles. The van der Waals surface area contributed by atoms with Gasteiger partial charge in [0.25, 0.3) is 0 Å². The molecule has 0 bridgehead atoms. The van der Waals surface area contributed by atoms with Gasteiger partial charge in [-0.25, -0.2) is 0 Å². The molecule has 0 spiro atoms. The molecule has 1 fully saturated rings. The molecule has 21 heavy (non-hydrogen) atoms. The Kier molecular flexibility index (Phi) is 6.49. The molecule has 4 heteroatoms. The van der Waals surface area contributed by atoms with Crippen LogP contribution < -0.4 is 10.1 Å². The van der Waals surface area contributed by atoms with Crippen LogP contribution in [0.1, 0.15) is 24.9 Å². The van der Waals surface area contributed by atoms with Crippen LogP contribution in [0.3, 0.4) is 0 Å². The quantitative estimate of drug-likeness (QED) is 0.797. The van der Waals surface area contributed by atoms with Crippen molar-refractivity contribution in [3.63, 3.8) is 0 Å². The molecular weight excluding hydrogens is 264 g/mol. The number of methoxy groups -OCH3 is 2. The van der Waals surface area contributed by atoms with Gasteiger partial charge in [0.05, 0.1) is 13.7 Å². The summed E-state index contributed by atoms with van der Waals surface area (Å²) in [4.78, 5) is 2.53. The Morgan fingerprint density at radius 3 is 2.86 bits per heavy atom. The Hall–Kier alpha value is -1.10. The Labute approximate surface area is 128 Å². The summed E-state index contributed by atoms with van der Waals surface area (Å²) in [6.45, 7) is 7.29. The number of ether oxygens (including phenoxy) is 2. The molecule has 0 aliphatic carbocycles. The van der Waals surface area contributed by atoms with Crippen LogP contribution in [0.25, 0.3) is 0 Å². The molecule has 0 saturated carbocycles. The summed E-state index contributed by atoms with van der Waals surface area (Å²) in [6, 6.07) is 8.62. The van der Waals surface area contributed by atoms with E-state index in [1.165, 1.54) is 12.0 Å². The van der Waals surface area contributed by atoms with Crippen LogP contribution in [0.15, 0.2) is 24.3 Å². The topological polar surface area (TPSA) is 33.7 Å². The first-order valence-corrected chi connectivity index (χ1v) is 7.86. The van der Waals surface area contributed by atoms with E-state index >= 15 is 0 Å². The lowest BCUT2D eigenvalue weighted by Gasteiger charge is -2.26. The molecule has 4 nitrogen and oxygen atoms in total. The Bertz CT molecular complexity index is 425. The van der Waals surface area contributed by atoms with E-state index in [1.54, 1.807) is 14.2 Å². The second kappa shape index (κ2) is 8.37. The van der Waals surface area contributed by atoms with Crippen LogP contribution in [0.4, 0.5) is 0 Å². The highest BCUT2D eigenvalue weighted by Gasteiger charge is 2.25. The maximum atomic E-state index is 5.52. The highest BCUT2D eigenvalue weighted by molar-refractivity contribution is 5.36. The number of hydrogen-bond donors (Lipinski definition) is 1. The Morgan fingerprint density at radius 2 is 2.14 bits per heavy atom. The molecule has 118 valence electrons. The smallest absolute Gasteiger partial charge is 0.123 e. The molecule has 2 unspecified atom stereocenters. The van der Waals surface area contributed by atoms with Crippen molar-refractivity contribution in [1.82, 2.24) is 10.2 Å². The molecule has 2 rings (SSSR count). The predicted octanol–water partition coefficient (Wildman–Crippen LogP) is 2.31. The average molecular weight is 292 g/mol. The lowest BCUT2D eigenvalue weighted by atomic mass is 10.0. The van der Waals surface area contributed by atoms with E-state index in [0.29, 0.717) is 12.0 Å². The number of likely N-dealkylation sites (N-methyl/N-ethyl adjacent to an activating group) is 1. The maximum absolute atomic E-state index is 5.52. The van der Waals surface area contributed by atoms with Gasteiger partial charge in [-0.05, 0) is 31.5 Å². The van der Waals surface area contributed by atoms with Gasteiger partial charge in [0.2, 0.25) is 0 Å². The third-order valence-electron chi connectivity index (χ3n) is 4.18. The molecule has 1 saturated heterocycles. The first-order chi connectivity index (χ1) is 10.3. The zero-order valence-electron chi connectivity index (χ0n) is 13.5. The molecular formula is C17H28N2O2. The average Bonchev–Trinajstić information content (AvgIpc) is 2.94. The van der Waals surface area contributed by atoms with Crippen LogP contribution in [-0.2, 0) is 4.74 Å². The van der Waals surface area contributed by atoms with Crippen LogP contribution in [0.5, 0.6) is 5.75 Å². The number of benzene rings is 1. The summed E-state index contributed by atoms with van der Waals surface area (Å²) in [6.07, 6.45) is 1.23. The van der Waals surface area contributed by atoms with Gasteiger partial charge in [-0.3, -0.25) is 0 Å². The molecule has 1 aromatic rings. The van der Waals surface area contributed by atoms with Gasteiger partial charge in [-0.2, -0.15) is 0 Å². The van der Waals surface area contributed by atoms with Gasteiger partial charge >= 0.3 is 0 Å². The summed E-state index contributed by atoms with van der Waals surface area (Å²) >= 11 is 0. The number of hydrogen-bond acceptors (Lipinski definition) is 4. The molecule has 1 heterocycles. The van der Waals surface area contributed by atoms with Crippen molar-refractivity contribution in [2.24, 2.45) is 5.92 Å². The minimum atomic E-state index is 0.312. The summed E-state index contributed by atoms with van der Waals surface area (Å²) in [5, 5.41) is 3.59. The minimum Gasteiger partial charge on any atom is -0.496 e. The third-order valence-corrected chi connectivity index (χ3v) is 4.18. The van der Waals surface area contributed by atoms with E-state index < -0.39 is 0 Å². The standard InChI is InChI=1S/C17H28N2O2/c1-4-18-16(15-7-5-6-8-17(15)21-3)12-19-10-9-14(11-19)13-20-2/h5-8,14,16,18H,4,9-13H2,1-3H3. The third kappa shape index (κ3) is 4.43. The van der Waals surface area contributed by atoms with Crippen molar-refractivity contribution in [2.45, 2.75) is 19.4 Å². The van der Waals surface area contributed by atoms with E-state index in [4.69, 9.17) is 9.47 Å². The normalized spacial score (nSPS) is 20.6. The van der Waals surface area contributed by atoms with Gasteiger partial charge in [-0.1, -0.05) is 25.1 Å². The van der Waals surface area contributed by atoms with Gasteiger partial charge in [0, 0.05) is 31.8 Å². The molecule has 0 amide bonds. The van der Waals surface area contributed by atoms with Crippen molar-refractivity contribution in [1.29, 1.82) is 0 Å². The number of likely N-dealkylation sites (tertiary alicyclic amines) is 1. The fourth-order valence-electron chi connectivity index (χ4n) is 3.18. The van der Waals surface area contributed by atoms with Crippen molar-refractivity contribution < 1.29 is 9.47 Å². The van der Waals surface area contributed by atoms with Crippen LogP contribution >= 0.6 is 0 Å². The second-order valence-corrected chi connectivity index (χ2v) is 5.72. The van der Waals surface area contributed by atoms with E-state index in [0.717, 1.165) is 38.5 Å². The molecule has 1 aliphatic rings. The van der Waals surface area contributed by atoms with Gasteiger partial charge in [0.1, 0.15) is 5.75 Å². The molecule has 2 atom stereocenters. The SMILES string of the molecule is CCNC(CN1CCC(COC)C1)c1ccccc1OC. The van der Waals surface area contributed by atoms with E-state index in [-0.39, 0.29) is 0 Å². The Balaban J connectivity index is 2.02. The number of nitrogens with zero attached hydrogens (tertiary/aromatic N) is 1. The van der Waals surface area contributed by atoms with E-state index in [1.807, 2.05) is 12.1 Å². The van der Waals surface area contributed by atoms with Crippen LogP contribution in [-0.4, -0.2) is 51.9 Å². The monoisotopic (exact) mass is 292 g/mol. The molecule has 0 radical (unpaired) electrons. The zero-order chi connectivity index (χ0) is 15.1. The van der Waals surface area contributed by atoms with Crippen molar-refractivity contribution in [2.75, 3.05) is 47.0 Å². The van der Waals surface area contributed by atoms with Crippen molar-refractivity contribution >= 4 is 0 Å². The summed E-state index contributed by atoms with van der Waals surface area (Å²) < 4.78 is 10.8. The maximum Gasteiger partial charge on any atom is 0.123 e. The van der Waals surface area contributed by atoms with E-state index in [2.05, 4.69) is 29.3 Å². The van der Waals surface area contributed by atoms with Gasteiger partial charge in [0.15, 0.2) is 0 Å². The highest BCUT2D eigenvalue weighted by Crippen LogP contribution is 2.27. The second-order valence-electron chi connectivity index (χ2n) is 5.72. The number of rotatable bonds is 8. The first kappa shape index (κ1) is 16.3. The summed E-state index contributed by atoms with van der Waals surface area (Å²) in [5.74, 6) is 1.64. The fourth-order valence-corrected chi connectivity index (χ4v) is 3.18. The molecule has 1 N–H and O–H groups in total. The molecule has 1 aromatic carbocycles. The Morgan fingerprint density at radius 1 is 1.33 bits per heavy atom. The predicted molar refractivity (Wildman–Crippen MR) is 85.8 cm³/mol. The van der Waals surface area contributed by atoms with Crippen molar-refractivity contribution in [3.8, 4) is 5.75 Å². The lowest BCUT2D eigenvalue weighted by molar-refractivity contribution is 0.152. The fraction of sp³-hybridized carbons (Fsp3) is 0.647. The minimum absolute atomic E-state index is 0.312. The molecule has 1 aliphatic heterocycles. The van der Waals surface area contributed by atoms with E-state index in [9.17, 15) is 0 Å². The first-order valence-electron chi connectivity index (χ1n) is 7.86. The highest BCUT2D eigenvalue weighted by atomic mass is 16.5. The lowest BCUT2D eigenvalue weighted by Crippen LogP contribution is -2.34. The number of nitrogens with one attached hydrogen (secondary N) is 1. The largest absolute Gasteiger partial charge is 0.496 e. The summed E-state index contributed by atoms with van der Waals surface area (Å²) in [7, 11) is 3.53. The van der Waals surface area contributed by atoms with Crippen molar-refractivity contribution in [3.05, 3.63) is 29.8 Å². The summed E-state index contributed by atoms with van der Waals surface area (Å²) in [5.41, 5.74) is 1.25. The van der Waals surface area contributed by atoms with Crippen LogP contribution in [0, 0.1) is 5.92 Å². The zero-order valence-corrected chi connectivity index (χ0v) is 13.5.